The van der Waals surface area contributed by atoms with Crippen molar-refractivity contribution < 1.29 is 4.79 Å². The second-order valence-corrected chi connectivity index (χ2v) is 5.14. The van der Waals surface area contributed by atoms with Gasteiger partial charge in [-0.15, -0.1) is 0 Å². The second-order valence-electron chi connectivity index (χ2n) is 4.71. The Morgan fingerprint density at radius 2 is 1.68 bits per heavy atom. The number of hydrogen-bond donors (Lipinski definition) is 0. The van der Waals surface area contributed by atoms with Crippen LogP contribution in [0.3, 0.4) is 0 Å². The number of carbonyl (C=O) groups is 1. The summed E-state index contributed by atoms with van der Waals surface area (Å²) in [5, 5.41) is 0.711. The van der Waals surface area contributed by atoms with Crippen LogP contribution >= 0.6 is 11.6 Å². The summed E-state index contributed by atoms with van der Waals surface area (Å²) < 4.78 is 0. The highest BCUT2D eigenvalue weighted by atomic mass is 35.5. The van der Waals surface area contributed by atoms with Gasteiger partial charge >= 0.3 is 0 Å². The van der Waals surface area contributed by atoms with Gasteiger partial charge in [-0.3, -0.25) is 4.79 Å². The van der Waals surface area contributed by atoms with Crippen molar-refractivity contribution >= 4 is 23.5 Å². The molecule has 0 aliphatic heterocycles. The number of benzene rings is 2. The van der Waals surface area contributed by atoms with Gasteiger partial charge in [-0.25, -0.2) is 0 Å². The predicted molar refractivity (Wildman–Crippen MR) is 78.5 cm³/mol. The quantitative estimate of drug-likeness (QED) is 0.694. The molecule has 0 N–H and O–H groups in total. The minimum atomic E-state index is 0.150. The zero-order chi connectivity index (χ0) is 13.2. The van der Waals surface area contributed by atoms with Crippen molar-refractivity contribution in [3.63, 3.8) is 0 Å². The van der Waals surface area contributed by atoms with E-state index in [4.69, 9.17) is 11.6 Å². The van der Waals surface area contributed by atoms with Crippen molar-refractivity contribution in [2.45, 2.75) is 12.8 Å². The molecule has 2 aromatic carbocycles. The van der Waals surface area contributed by atoms with E-state index >= 15 is 0 Å². The Morgan fingerprint density at radius 3 is 2.47 bits per heavy atom. The first-order valence-corrected chi connectivity index (χ1v) is 6.70. The first-order valence-electron chi connectivity index (χ1n) is 6.33. The topological polar surface area (TPSA) is 17.1 Å². The number of halogens is 1. The fourth-order valence-electron chi connectivity index (χ4n) is 2.41. The molecule has 19 heavy (non-hydrogen) atoms. The fourth-order valence-corrected chi connectivity index (χ4v) is 2.54. The van der Waals surface area contributed by atoms with Crippen molar-refractivity contribution in [3.8, 4) is 0 Å². The van der Waals surface area contributed by atoms with Crippen LogP contribution in [-0.2, 0) is 6.42 Å². The third-order valence-corrected chi connectivity index (χ3v) is 3.68. The predicted octanol–water partition coefficient (Wildman–Crippen LogP) is 4.55. The van der Waals surface area contributed by atoms with Crippen LogP contribution in [0.25, 0.3) is 6.08 Å². The van der Waals surface area contributed by atoms with Gasteiger partial charge in [-0.2, -0.15) is 0 Å². The van der Waals surface area contributed by atoms with E-state index in [0.717, 1.165) is 35.1 Å². The van der Waals surface area contributed by atoms with Crippen molar-refractivity contribution in [1.82, 2.24) is 0 Å². The van der Waals surface area contributed by atoms with E-state index in [1.807, 2.05) is 54.6 Å². The van der Waals surface area contributed by atoms with Crippen molar-refractivity contribution in [2.75, 3.05) is 0 Å². The Bertz CT molecular complexity index is 653. The molecule has 94 valence electrons. The number of carbonyl (C=O) groups excluding carboxylic acids is 1. The van der Waals surface area contributed by atoms with Crippen LogP contribution < -0.4 is 0 Å². The fraction of sp³-hybridized carbons (Fsp3) is 0.118. The lowest BCUT2D eigenvalue weighted by Crippen LogP contribution is -2.13. The highest BCUT2D eigenvalue weighted by Gasteiger charge is 2.20. The maximum absolute atomic E-state index is 12.4. The van der Waals surface area contributed by atoms with Crippen LogP contribution in [0.4, 0.5) is 0 Å². The zero-order valence-corrected chi connectivity index (χ0v) is 11.2. The largest absolute Gasteiger partial charge is 0.289 e. The molecule has 1 aliphatic rings. The smallest absolute Gasteiger partial charge is 0.189 e. The van der Waals surface area contributed by atoms with Crippen LogP contribution in [0.2, 0.25) is 5.02 Å². The maximum Gasteiger partial charge on any atom is 0.189 e. The molecule has 0 fully saturated rings. The first kappa shape index (κ1) is 12.2. The summed E-state index contributed by atoms with van der Waals surface area (Å²) in [4.78, 5) is 12.4. The molecule has 0 bridgehead atoms. The normalized spacial score (nSPS) is 16.5. The molecule has 0 saturated heterocycles. The van der Waals surface area contributed by atoms with Gasteiger partial charge in [0, 0.05) is 16.2 Å². The summed E-state index contributed by atoms with van der Waals surface area (Å²) in [5.41, 5.74) is 3.89. The molecule has 0 atom stereocenters. The monoisotopic (exact) mass is 268 g/mol. The van der Waals surface area contributed by atoms with E-state index in [9.17, 15) is 4.79 Å². The summed E-state index contributed by atoms with van der Waals surface area (Å²) in [5.74, 6) is 0.150. The van der Waals surface area contributed by atoms with Crippen LogP contribution in [0.15, 0.2) is 54.1 Å². The number of allylic oxidation sites excluding steroid dienone is 1. The summed E-state index contributed by atoms with van der Waals surface area (Å²) in [6, 6.07) is 15.4. The maximum atomic E-state index is 12.4. The Balaban J connectivity index is 1.96. The molecule has 0 aromatic heterocycles. The van der Waals surface area contributed by atoms with Gasteiger partial charge < -0.3 is 0 Å². The molecule has 1 nitrogen and oxygen atoms in total. The van der Waals surface area contributed by atoms with Crippen LogP contribution in [0, 0.1) is 0 Å². The van der Waals surface area contributed by atoms with Gasteiger partial charge in [0.05, 0.1) is 0 Å². The SMILES string of the molecule is O=C1/C(=C/c2ccc(Cl)cc2)CCc2ccccc21. The van der Waals surface area contributed by atoms with Gasteiger partial charge in [-0.05, 0) is 42.2 Å². The summed E-state index contributed by atoms with van der Waals surface area (Å²) in [6.07, 6.45) is 3.70. The highest BCUT2D eigenvalue weighted by molar-refractivity contribution is 6.30. The zero-order valence-electron chi connectivity index (χ0n) is 10.4. The van der Waals surface area contributed by atoms with E-state index in [1.165, 1.54) is 0 Å². The third-order valence-electron chi connectivity index (χ3n) is 3.43. The molecular weight excluding hydrogens is 256 g/mol. The van der Waals surface area contributed by atoms with Crippen LogP contribution in [-0.4, -0.2) is 5.78 Å². The van der Waals surface area contributed by atoms with Gasteiger partial charge in [0.2, 0.25) is 0 Å². The van der Waals surface area contributed by atoms with Crippen molar-refractivity contribution in [3.05, 3.63) is 75.8 Å². The van der Waals surface area contributed by atoms with Gasteiger partial charge in [0.15, 0.2) is 5.78 Å². The van der Waals surface area contributed by atoms with Gasteiger partial charge in [0.1, 0.15) is 0 Å². The number of fused-ring (bicyclic) bond motifs is 1. The standard InChI is InChI=1S/C17H13ClO/c18-15-9-5-12(6-10-15)11-14-8-7-13-3-1-2-4-16(13)17(14)19/h1-6,9-11H,7-8H2/b14-11+. The number of aryl methyl sites for hydroxylation is 1. The second kappa shape index (κ2) is 5.02. The lowest BCUT2D eigenvalue weighted by atomic mass is 9.86. The number of ketones is 1. The van der Waals surface area contributed by atoms with Crippen LogP contribution in [0.1, 0.15) is 27.9 Å². The van der Waals surface area contributed by atoms with E-state index in [-0.39, 0.29) is 5.78 Å². The number of hydrogen-bond acceptors (Lipinski definition) is 1. The minimum absolute atomic E-state index is 0.150. The van der Waals surface area contributed by atoms with E-state index in [0.29, 0.717) is 5.02 Å². The molecule has 1 aliphatic carbocycles. The molecule has 0 unspecified atom stereocenters. The Kier molecular flexibility index (Phi) is 3.22. The summed E-state index contributed by atoms with van der Waals surface area (Å²) >= 11 is 5.86. The Labute approximate surface area is 117 Å². The third kappa shape index (κ3) is 2.47. The molecule has 2 heteroatoms. The molecule has 3 rings (SSSR count). The average molecular weight is 269 g/mol. The van der Waals surface area contributed by atoms with Crippen molar-refractivity contribution in [1.29, 1.82) is 0 Å². The van der Waals surface area contributed by atoms with E-state index in [1.54, 1.807) is 0 Å². The molecule has 0 amide bonds. The molecule has 2 aromatic rings. The molecule has 0 spiro atoms. The Hall–Kier alpha value is -1.86. The molecule has 0 heterocycles. The van der Waals surface area contributed by atoms with Crippen LogP contribution in [0.5, 0.6) is 0 Å². The highest BCUT2D eigenvalue weighted by Crippen LogP contribution is 2.26. The first-order chi connectivity index (χ1) is 9.24. The van der Waals surface area contributed by atoms with E-state index in [2.05, 4.69) is 0 Å². The lowest BCUT2D eigenvalue weighted by Gasteiger charge is -2.17. The number of rotatable bonds is 1. The molecular formula is C17H13ClO. The molecule has 0 radical (unpaired) electrons. The summed E-state index contributed by atoms with van der Waals surface area (Å²) in [6.45, 7) is 0. The lowest BCUT2D eigenvalue weighted by molar-refractivity contribution is 0.102. The van der Waals surface area contributed by atoms with E-state index < -0.39 is 0 Å². The Morgan fingerprint density at radius 1 is 0.947 bits per heavy atom. The minimum Gasteiger partial charge on any atom is -0.289 e. The van der Waals surface area contributed by atoms with Gasteiger partial charge in [0.25, 0.3) is 0 Å². The average Bonchev–Trinajstić information content (AvgIpc) is 2.45. The van der Waals surface area contributed by atoms with Crippen molar-refractivity contribution in [2.24, 2.45) is 0 Å². The summed E-state index contributed by atoms with van der Waals surface area (Å²) in [7, 11) is 0. The molecule has 0 saturated carbocycles. The number of Topliss-reactive ketones (excluding diaryl/α,β-unsaturated/α-hetero) is 1. The van der Waals surface area contributed by atoms with Gasteiger partial charge in [-0.1, -0.05) is 48.0 Å².